The van der Waals surface area contributed by atoms with E-state index in [1.807, 2.05) is 24.3 Å². The van der Waals surface area contributed by atoms with E-state index in [0.717, 1.165) is 49.1 Å². The van der Waals surface area contributed by atoms with Crippen LogP contribution < -0.4 is 9.64 Å². The maximum Gasteiger partial charge on any atom is 0.315 e. The third kappa shape index (κ3) is 3.74. The molecule has 7 rings (SSSR count). The molecule has 2 saturated carbocycles. The molecule has 35 heavy (non-hydrogen) atoms. The Morgan fingerprint density at radius 2 is 1.94 bits per heavy atom. The van der Waals surface area contributed by atoms with Gasteiger partial charge in [-0.15, -0.1) is 0 Å². The lowest BCUT2D eigenvalue weighted by atomic mass is 10.0. The van der Waals surface area contributed by atoms with Crippen molar-refractivity contribution in [3.8, 4) is 17.0 Å². The molecule has 8 heteroatoms. The highest BCUT2D eigenvalue weighted by Gasteiger charge is 2.46. The molecule has 6 nitrogen and oxygen atoms in total. The van der Waals surface area contributed by atoms with Crippen LogP contribution in [0.4, 0.5) is 5.69 Å². The molecule has 2 aliphatic carbocycles. The lowest BCUT2D eigenvalue weighted by Crippen LogP contribution is -2.38. The lowest BCUT2D eigenvalue weighted by molar-refractivity contribution is -0.131. The molecule has 1 aromatic heterocycles. The number of carbonyl (C=O) groups is 1. The fourth-order valence-corrected chi connectivity index (χ4v) is 6.54. The first-order valence-electron chi connectivity index (χ1n) is 12.2. The van der Waals surface area contributed by atoms with Crippen molar-refractivity contribution in [1.29, 1.82) is 0 Å². The van der Waals surface area contributed by atoms with Crippen molar-refractivity contribution in [2.24, 2.45) is 5.92 Å². The highest BCUT2D eigenvalue weighted by Crippen LogP contribution is 2.47. The van der Waals surface area contributed by atoms with Crippen LogP contribution in [0.25, 0.3) is 11.3 Å². The van der Waals surface area contributed by atoms with E-state index in [4.69, 9.17) is 37.2 Å². The van der Waals surface area contributed by atoms with Gasteiger partial charge in [0.1, 0.15) is 17.2 Å². The Kier molecular flexibility index (Phi) is 5.12. The number of fused-ring (bicyclic) bond motifs is 3. The fraction of sp³-hybridized carbons (Fsp3) is 0.407. The van der Waals surface area contributed by atoms with Crippen LogP contribution in [0, 0.1) is 5.92 Å². The Balaban J connectivity index is 1.08. The molecule has 3 aromatic rings. The van der Waals surface area contributed by atoms with Crippen molar-refractivity contribution in [2.45, 2.75) is 56.8 Å². The number of carbonyl (C=O) groups excluding carboxylic acids is 1. The van der Waals surface area contributed by atoms with Crippen molar-refractivity contribution in [3.63, 3.8) is 0 Å². The average Bonchev–Trinajstić information content (AvgIpc) is 3.16. The van der Waals surface area contributed by atoms with Crippen LogP contribution in [0.1, 0.15) is 48.5 Å². The summed E-state index contributed by atoms with van der Waals surface area (Å²) < 4.78 is 17.6. The molecular formula is C27H24Cl2N2O4. The van der Waals surface area contributed by atoms with E-state index in [0.29, 0.717) is 58.0 Å². The Hall–Kier alpha value is -2.54. The molecule has 0 unspecified atom stereocenters. The average molecular weight is 511 g/mol. The molecule has 3 atom stereocenters. The highest BCUT2D eigenvalue weighted by molar-refractivity contribution is 6.39. The number of halogens is 2. The van der Waals surface area contributed by atoms with E-state index in [1.165, 1.54) is 5.69 Å². The van der Waals surface area contributed by atoms with E-state index in [1.54, 1.807) is 0 Å². The molecule has 4 aliphatic rings. The highest BCUT2D eigenvalue weighted by atomic mass is 35.5. The summed E-state index contributed by atoms with van der Waals surface area (Å²) >= 11 is 13.0. The minimum absolute atomic E-state index is 0.176. The van der Waals surface area contributed by atoms with Crippen LogP contribution in [0.3, 0.4) is 0 Å². The summed E-state index contributed by atoms with van der Waals surface area (Å²) in [5, 5.41) is 5.50. The normalized spacial score (nSPS) is 24.8. The molecule has 0 N–H and O–H groups in total. The van der Waals surface area contributed by atoms with Gasteiger partial charge in [-0.2, -0.15) is 0 Å². The van der Waals surface area contributed by atoms with Crippen molar-refractivity contribution >= 4 is 34.9 Å². The van der Waals surface area contributed by atoms with Crippen LogP contribution in [0.15, 0.2) is 40.9 Å². The van der Waals surface area contributed by atoms with Gasteiger partial charge < -0.3 is 18.9 Å². The summed E-state index contributed by atoms with van der Waals surface area (Å²) in [6.07, 6.45) is 4.85. The van der Waals surface area contributed by atoms with Crippen LogP contribution in [-0.4, -0.2) is 29.8 Å². The molecule has 3 heterocycles. The molecular weight excluding hydrogens is 487 g/mol. The van der Waals surface area contributed by atoms with E-state index >= 15 is 0 Å². The standard InChI is InChI=1S/C27H24Cl2N2O4/c28-20-2-1-3-21(29)25(20)26-19(27(35-30-26)14-4-5-14)13-33-23-11-18-9-16(23)12-31(18)17-6-7-22-15(8-17)10-24(32)34-22/h1-3,6-8,14,16,18,23H,4-5,9-13H2/t16-,18-,23+/m0/s1. The molecule has 1 saturated heterocycles. The smallest absolute Gasteiger partial charge is 0.315 e. The van der Waals surface area contributed by atoms with Gasteiger partial charge in [0.05, 0.1) is 29.2 Å². The maximum atomic E-state index is 11.6. The van der Waals surface area contributed by atoms with E-state index in [-0.39, 0.29) is 12.1 Å². The molecule has 2 aromatic carbocycles. The second-order valence-electron chi connectivity index (χ2n) is 10.1. The van der Waals surface area contributed by atoms with Gasteiger partial charge >= 0.3 is 5.97 Å². The van der Waals surface area contributed by atoms with Crippen molar-refractivity contribution < 1.29 is 18.8 Å². The molecule has 3 fully saturated rings. The van der Waals surface area contributed by atoms with Crippen LogP contribution in [0.2, 0.25) is 10.0 Å². The van der Waals surface area contributed by atoms with Gasteiger partial charge in [-0.1, -0.05) is 34.4 Å². The molecule has 2 bridgehead atoms. The van der Waals surface area contributed by atoms with Crippen molar-refractivity contribution in [1.82, 2.24) is 5.16 Å². The van der Waals surface area contributed by atoms with Gasteiger partial charge in [0, 0.05) is 46.8 Å². The summed E-state index contributed by atoms with van der Waals surface area (Å²) in [6.45, 7) is 1.39. The number of ether oxygens (including phenoxy) is 2. The second kappa shape index (κ2) is 8.26. The third-order valence-electron chi connectivity index (χ3n) is 7.82. The maximum absolute atomic E-state index is 11.6. The number of benzene rings is 2. The van der Waals surface area contributed by atoms with Gasteiger partial charge in [-0.05, 0) is 56.0 Å². The minimum Gasteiger partial charge on any atom is -0.426 e. The van der Waals surface area contributed by atoms with Crippen LogP contribution in [0.5, 0.6) is 5.75 Å². The monoisotopic (exact) mass is 510 g/mol. The topological polar surface area (TPSA) is 64.8 Å². The third-order valence-corrected chi connectivity index (χ3v) is 8.45. The number of hydrogen-bond donors (Lipinski definition) is 0. The van der Waals surface area contributed by atoms with Crippen LogP contribution in [-0.2, 0) is 22.6 Å². The zero-order valence-electron chi connectivity index (χ0n) is 19.0. The van der Waals surface area contributed by atoms with Gasteiger partial charge in [-0.3, -0.25) is 4.79 Å². The SMILES string of the molecule is O=C1Cc2cc(N3C[C@@H]4C[C@H]3C[C@H]4OCc3c(-c4c(Cl)cccc4Cl)noc3C3CC3)ccc2O1. The first-order chi connectivity index (χ1) is 17.0. The van der Waals surface area contributed by atoms with E-state index < -0.39 is 0 Å². The largest absolute Gasteiger partial charge is 0.426 e. The number of anilines is 1. The fourth-order valence-electron chi connectivity index (χ4n) is 5.96. The van der Waals surface area contributed by atoms with E-state index in [9.17, 15) is 4.79 Å². The summed E-state index contributed by atoms with van der Waals surface area (Å²) in [4.78, 5) is 14.1. The van der Waals surface area contributed by atoms with E-state index in [2.05, 4.69) is 22.2 Å². The predicted octanol–water partition coefficient (Wildman–Crippen LogP) is 6.17. The Labute approximate surface area is 213 Å². The summed E-state index contributed by atoms with van der Waals surface area (Å²) in [6, 6.07) is 12.0. The number of piperidine rings is 1. The molecule has 2 aliphatic heterocycles. The zero-order valence-corrected chi connectivity index (χ0v) is 20.5. The predicted molar refractivity (Wildman–Crippen MR) is 132 cm³/mol. The number of esters is 1. The van der Waals surface area contributed by atoms with Gasteiger partial charge in [-0.25, -0.2) is 0 Å². The number of aromatic nitrogens is 1. The van der Waals surface area contributed by atoms with Gasteiger partial charge in [0.25, 0.3) is 0 Å². The number of rotatable bonds is 6. The molecule has 0 spiro atoms. The minimum atomic E-state index is -0.176. The molecule has 0 amide bonds. The summed E-state index contributed by atoms with van der Waals surface area (Å²) in [5.41, 5.74) is 4.53. The quantitative estimate of drug-likeness (QED) is 0.291. The zero-order chi connectivity index (χ0) is 23.7. The van der Waals surface area contributed by atoms with Crippen LogP contribution >= 0.6 is 23.2 Å². The van der Waals surface area contributed by atoms with Gasteiger partial charge in [0.2, 0.25) is 0 Å². The Bertz CT molecular complexity index is 1310. The van der Waals surface area contributed by atoms with Gasteiger partial charge in [0.15, 0.2) is 0 Å². The van der Waals surface area contributed by atoms with Crippen molar-refractivity contribution in [3.05, 3.63) is 63.3 Å². The Morgan fingerprint density at radius 1 is 1.11 bits per heavy atom. The first kappa shape index (κ1) is 21.7. The summed E-state index contributed by atoms with van der Waals surface area (Å²) in [5.74, 6) is 2.30. The number of hydrogen-bond acceptors (Lipinski definition) is 6. The lowest BCUT2D eigenvalue weighted by Gasteiger charge is -2.33. The first-order valence-corrected chi connectivity index (χ1v) is 13.0. The van der Waals surface area contributed by atoms with Crippen molar-refractivity contribution in [2.75, 3.05) is 11.4 Å². The molecule has 0 radical (unpaired) electrons. The summed E-state index contributed by atoms with van der Waals surface area (Å²) in [7, 11) is 0. The number of nitrogens with zero attached hydrogens (tertiary/aromatic N) is 2. The second-order valence-corrected chi connectivity index (χ2v) is 10.9. The Morgan fingerprint density at radius 3 is 2.69 bits per heavy atom. The molecule has 180 valence electrons.